The molecule has 1 fully saturated rings. The van der Waals surface area contributed by atoms with E-state index in [4.69, 9.17) is 0 Å². The topological polar surface area (TPSA) is 40.5 Å². The molecule has 0 atom stereocenters. The Balaban J connectivity index is 2.02. The van der Waals surface area contributed by atoms with Crippen molar-refractivity contribution in [1.82, 2.24) is 4.90 Å². The number of carbonyl (C=O) groups is 1. The lowest BCUT2D eigenvalue weighted by atomic mass is 9.80. The van der Waals surface area contributed by atoms with E-state index in [9.17, 15) is 9.90 Å². The van der Waals surface area contributed by atoms with E-state index < -0.39 is 11.4 Å². The molecule has 0 saturated heterocycles. The van der Waals surface area contributed by atoms with Crippen molar-refractivity contribution in [2.75, 3.05) is 13.6 Å². The van der Waals surface area contributed by atoms with Gasteiger partial charge in [0, 0.05) is 13.1 Å². The minimum absolute atomic E-state index is 0.546. The molecule has 0 amide bonds. The van der Waals surface area contributed by atoms with E-state index in [0.29, 0.717) is 6.54 Å². The van der Waals surface area contributed by atoms with E-state index in [1.54, 1.807) is 0 Å². The standard InChI is InChI=1S/C18H27NO2/c1-15-7-9-16(10-8-15)13-19(2)14-18(17(20)21)11-5-3-4-6-12-18/h7-10H,3-6,11-14H2,1-2H3,(H,20,21). The van der Waals surface area contributed by atoms with Gasteiger partial charge in [0.15, 0.2) is 0 Å². The summed E-state index contributed by atoms with van der Waals surface area (Å²) in [4.78, 5) is 14.0. The van der Waals surface area contributed by atoms with E-state index in [0.717, 1.165) is 32.2 Å². The molecule has 21 heavy (non-hydrogen) atoms. The van der Waals surface area contributed by atoms with Gasteiger partial charge in [-0.2, -0.15) is 0 Å². The van der Waals surface area contributed by atoms with Crippen LogP contribution >= 0.6 is 0 Å². The van der Waals surface area contributed by atoms with Gasteiger partial charge in [0.25, 0.3) is 0 Å². The summed E-state index contributed by atoms with van der Waals surface area (Å²) in [5.41, 5.74) is 1.96. The van der Waals surface area contributed by atoms with Gasteiger partial charge < -0.3 is 10.0 Å². The smallest absolute Gasteiger partial charge is 0.310 e. The minimum atomic E-state index is -0.611. The monoisotopic (exact) mass is 289 g/mol. The molecule has 116 valence electrons. The van der Waals surface area contributed by atoms with Gasteiger partial charge in [-0.3, -0.25) is 4.79 Å². The predicted molar refractivity (Wildman–Crippen MR) is 85.3 cm³/mol. The lowest BCUT2D eigenvalue weighted by Crippen LogP contribution is -2.41. The summed E-state index contributed by atoms with van der Waals surface area (Å²) >= 11 is 0. The Hall–Kier alpha value is -1.35. The van der Waals surface area contributed by atoms with Crippen LogP contribution in [0.2, 0.25) is 0 Å². The Morgan fingerprint density at radius 1 is 1.14 bits per heavy atom. The van der Waals surface area contributed by atoms with Crippen LogP contribution in [-0.4, -0.2) is 29.6 Å². The van der Waals surface area contributed by atoms with Crippen molar-refractivity contribution < 1.29 is 9.90 Å². The minimum Gasteiger partial charge on any atom is -0.481 e. The van der Waals surface area contributed by atoms with Gasteiger partial charge in [0.05, 0.1) is 5.41 Å². The molecule has 1 aliphatic rings. The highest BCUT2D eigenvalue weighted by Gasteiger charge is 2.39. The van der Waals surface area contributed by atoms with Crippen LogP contribution in [0.4, 0.5) is 0 Å². The first kappa shape index (κ1) is 16.0. The Kier molecular flexibility index (Phi) is 5.40. The molecular weight excluding hydrogens is 262 g/mol. The molecule has 1 saturated carbocycles. The number of aryl methyl sites for hydroxylation is 1. The molecule has 0 aliphatic heterocycles. The lowest BCUT2D eigenvalue weighted by molar-refractivity contribution is -0.151. The van der Waals surface area contributed by atoms with E-state index >= 15 is 0 Å². The first-order valence-electron chi connectivity index (χ1n) is 7.99. The maximum Gasteiger partial charge on any atom is 0.310 e. The van der Waals surface area contributed by atoms with Gasteiger partial charge >= 0.3 is 5.97 Å². The molecule has 1 aliphatic carbocycles. The second-order valence-electron chi connectivity index (χ2n) is 6.66. The Bertz CT molecular complexity index is 459. The third kappa shape index (κ3) is 4.31. The Morgan fingerprint density at radius 2 is 1.71 bits per heavy atom. The van der Waals surface area contributed by atoms with Crippen molar-refractivity contribution in [3.05, 3.63) is 35.4 Å². The number of rotatable bonds is 5. The molecule has 0 spiro atoms. The first-order chi connectivity index (χ1) is 10.0. The number of hydrogen-bond acceptors (Lipinski definition) is 2. The van der Waals surface area contributed by atoms with Gasteiger partial charge in [0.2, 0.25) is 0 Å². The van der Waals surface area contributed by atoms with E-state index in [2.05, 4.69) is 36.1 Å². The van der Waals surface area contributed by atoms with Gasteiger partial charge in [-0.25, -0.2) is 0 Å². The van der Waals surface area contributed by atoms with Gasteiger partial charge in [-0.1, -0.05) is 55.5 Å². The first-order valence-corrected chi connectivity index (χ1v) is 7.99. The summed E-state index contributed by atoms with van der Waals surface area (Å²) < 4.78 is 0. The van der Waals surface area contributed by atoms with Crippen LogP contribution < -0.4 is 0 Å². The lowest BCUT2D eigenvalue weighted by Gasteiger charge is -2.32. The molecule has 1 aromatic rings. The normalized spacial score (nSPS) is 18.4. The highest BCUT2D eigenvalue weighted by Crippen LogP contribution is 2.36. The summed E-state index contributed by atoms with van der Waals surface area (Å²) in [5.74, 6) is -0.611. The van der Waals surface area contributed by atoms with Crippen molar-refractivity contribution in [2.45, 2.75) is 52.0 Å². The maximum absolute atomic E-state index is 11.8. The number of aliphatic carboxylic acids is 1. The van der Waals surface area contributed by atoms with Crippen LogP contribution in [0.1, 0.15) is 49.7 Å². The van der Waals surface area contributed by atoms with E-state index in [-0.39, 0.29) is 0 Å². The largest absolute Gasteiger partial charge is 0.481 e. The Labute approximate surface area is 128 Å². The average molecular weight is 289 g/mol. The molecule has 0 aromatic heterocycles. The summed E-state index contributed by atoms with van der Waals surface area (Å²) in [5, 5.41) is 9.74. The molecule has 1 aromatic carbocycles. The van der Waals surface area contributed by atoms with Gasteiger partial charge in [-0.15, -0.1) is 0 Å². The highest BCUT2D eigenvalue weighted by molar-refractivity contribution is 5.75. The summed E-state index contributed by atoms with van der Waals surface area (Å²) in [7, 11) is 2.04. The van der Waals surface area contributed by atoms with Crippen LogP contribution in [0.15, 0.2) is 24.3 Å². The average Bonchev–Trinajstić information content (AvgIpc) is 2.68. The second-order valence-corrected chi connectivity index (χ2v) is 6.66. The van der Waals surface area contributed by atoms with Crippen molar-refractivity contribution >= 4 is 5.97 Å². The summed E-state index contributed by atoms with van der Waals surface area (Å²) in [6, 6.07) is 8.49. The second kappa shape index (κ2) is 7.08. The number of nitrogens with zero attached hydrogens (tertiary/aromatic N) is 1. The third-order valence-corrected chi connectivity index (χ3v) is 4.66. The van der Waals surface area contributed by atoms with Crippen molar-refractivity contribution in [3.8, 4) is 0 Å². The van der Waals surface area contributed by atoms with Crippen LogP contribution in [0.5, 0.6) is 0 Å². The van der Waals surface area contributed by atoms with Crippen molar-refractivity contribution in [2.24, 2.45) is 5.41 Å². The zero-order valence-corrected chi connectivity index (χ0v) is 13.3. The fraction of sp³-hybridized carbons (Fsp3) is 0.611. The number of carboxylic acids is 1. The molecule has 1 N–H and O–H groups in total. The molecule has 0 unspecified atom stereocenters. The van der Waals surface area contributed by atoms with Crippen LogP contribution in [0.25, 0.3) is 0 Å². The zero-order valence-electron chi connectivity index (χ0n) is 13.3. The van der Waals surface area contributed by atoms with E-state index in [1.807, 2.05) is 7.05 Å². The highest BCUT2D eigenvalue weighted by atomic mass is 16.4. The molecule has 0 radical (unpaired) electrons. The fourth-order valence-corrected chi connectivity index (χ4v) is 3.42. The van der Waals surface area contributed by atoms with Crippen LogP contribution in [0.3, 0.4) is 0 Å². The van der Waals surface area contributed by atoms with Crippen LogP contribution in [-0.2, 0) is 11.3 Å². The van der Waals surface area contributed by atoms with Crippen LogP contribution in [0, 0.1) is 12.3 Å². The van der Waals surface area contributed by atoms with Gasteiger partial charge in [0.1, 0.15) is 0 Å². The predicted octanol–water partition coefficient (Wildman–Crippen LogP) is 3.85. The molecule has 0 heterocycles. The van der Waals surface area contributed by atoms with Crippen molar-refractivity contribution in [3.63, 3.8) is 0 Å². The molecule has 3 nitrogen and oxygen atoms in total. The Morgan fingerprint density at radius 3 is 2.24 bits per heavy atom. The van der Waals surface area contributed by atoms with Gasteiger partial charge in [-0.05, 0) is 32.4 Å². The zero-order chi connectivity index (χ0) is 15.3. The molecular formula is C18H27NO2. The summed E-state index contributed by atoms with van der Waals surface area (Å²) in [6.45, 7) is 3.55. The molecule has 0 bridgehead atoms. The summed E-state index contributed by atoms with van der Waals surface area (Å²) in [6.07, 6.45) is 6.09. The number of carboxylic acid groups (broad SMARTS) is 1. The van der Waals surface area contributed by atoms with E-state index in [1.165, 1.54) is 24.0 Å². The molecule has 3 heteroatoms. The number of benzene rings is 1. The van der Waals surface area contributed by atoms with Crippen molar-refractivity contribution in [1.29, 1.82) is 0 Å². The quantitative estimate of drug-likeness (QED) is 0.837. The number of hydrogen-bond donors (Lipinski definition) is 1. The SMILES string of the molecule is Cc1ccc(CN(C)CC2(C(=O)O)CCCCCC2)cc1. The maximum atomic E-state index is 11.8. The fourth-order valence-electron chi connectivity index (χ4n) is 3.42. The molecule has 2 rings (SSSR count). The third-order valence-electron chi connectivity index (χ3n) is 4.66.